The fourth-order valence-electron chi connectivity index (χ4n) is 2.21. The number of esters is 1. The number of rotatable bonds is 2. The summed E-state index contributed by atoms with van der Waals surface area (Å²) in [5, 5.41) is 9.09. The third kappa shape index (κ3) is 2.17. The van der Waals surface area contributed by atoms with E-state index in [9.17, 15) is 4.79 Å². The van der Waals surface area contributed by atoms with Gasteiger partial charge in [0.1, 0.15) is 0 Å². The van der Waals surface area contributed by atoms with Crippen molar-refractivity contribution < 1.29 is 9.53 Å². The van der Waals surface area contributed by atoms with Gasteiger partial charge >= 0.3 is 5.97 Å². The molecule has 18 heavy (non-hydrogen) atoms. The molecule has 2 aliphatic heterocycles. The molecule has 0 aromatic carbocycles. The van der Waals surface area contributed by atoms with Gasteiger partial charge in [-0.1, -0.05) is 0 Å². The lowest BCUT2D eigenvalue weighted by molar-refractivity contribution is -0.138. The summed E-state index contributed by atoms with van der Waals surface area (Å²) in [5.74, 6) is -0.316. The van der Waals surface area contributed by atoms with Crippen LogP contribution in [0.3, 0.4) is 0 Å². The maximum atomic E-state index is 11.7. The molecule has 0 fully saturated rings. The third-order valence-corrected chi connectivity index (χ3v) is 3.22. The molecular weight excluding hydrogens is 228 g/mol. The molecule has 2 heterocycles. The second kappa shape index (κ2) is 5.09. The van der Waals surface area contributed by atoms with E-state index >= 15 is 0 Å². The number of ether oxygens (including phenoxy) is 1. The number of nitriles is 1. The molecule has 4 nitrogen and oxygen atoms in total. The highest BCUT2D eigenvalue weighted by Gasteiger charge is 2.26. The fraction of sp³-hybridized carbons (Fsp3) is 0.429. The zero-order valence-electron chi connectivity index (χ0n) is 10.6. The topological polar surface area (TPSA) is 53.3 Å². The van der Waals surface area contributed by atoms with Crippen LogP contribution in [0.1, 0.15) is 26.7 Å². The van der Waals surface area contributed by atoms with Crippen molar-refractivity contribution in [2.45, 2.75) is 32.7 Å². The maximum absolute atomic E-state index is 11.7. The number of carbonyl (C=O) groups is 1. The molecule has 0 saturated carbocycles. The third-order valence-electron chi connectivity index (χ3n) is 3.22. The largest absolute Gasteiger partial charge is 0.462 e. The van der Waals surface area contributed by atoms with E-state index in [1.807, 2.05) is 11.0 Å². The van der Waals surface area contributed by atoms with Crippen molar-refractivity contribution in [3.05, 3.63) is 35.2 Å². The van der Waals surface area contributed by atoms with Gasteiger partial charge in [0.15, 0.2) is 0 Å². The van der Waals surface area contributed by atoms with Gasteiger partial charge in [-0.2, -0.15) is 5.26 Å². The van der Waals surface area contributed by atoms with E-state index in [4.69, 9.17) is 10.00 Å². The Labute approximate surface area is 107 Å². The Hall–Kier alpha value is -2.02. The van der Waals surface area contributed by atoms with E-state index in [0.717, 1.165) is 24.1 Å². The van der Waals surface area contributed by atoms with E-state index in [1.54, 1.807) is 19.2 Å². The first-order valence-corrected chi connectivity index (χ1v) is 6.16. The van der Waals surface area contributed by atoms with E-state index in [1.165, 1.54) is 0 Å². The van der Waals surface area contributed by atoms with Gasteiger partial charge < -0.3 is 9.64 Å². The molecule has 0 aromatic heterocycles. The molecule has 0 spiro atoms. The molecule has 0 bridgehead atoms. The number of hydrogen-bond donors (Lipinski definition) is 0. The molecule has 94 valence electrons. The van der Waals surface area contributed by atoms with Crippen molar-refractivity contribution >= 4 is 5.97 Å². The molecule has 0 aromatic rings. The highest BCUT2D eigenvalue weighted by molar-refractivity contribution is 5.92. The number of allylic oxidation sites excluding steroid dienone is 2. The van der Waals surface area contributed by atoms with Gasteiger partial charge in [-0.15, -0.1) is 0 Å². The summed E-state index contributed by atoms with van der Waals surface area (Å²) in [6.45, 7) is 4.24. The Morgan fingerprint density at radius 2 is 2.39 bits per heavy atom. The Balaban J connectivity index is 2.32. The number of carbonyl (C=O) groups excluding carboxylic acids is 1. The van der Waals surface area contributed by atoms with Crippen LogP contribution in [0.25, 0.3) is 0 Å². The minimum absolute atomic E-state index is 0.298. The van der Waals surface area contributed by atoms with E-state index < -0.39 is 0 Å². The van der Waals surface area contributed by atoms with Crippen LogP contribution >= 0.6 is 0 Å². The van der Waals surface area contributed by atoms with Crippen molar-refractivity contribution in [1.29, 1.82) is 5.26 Å². The maximum Gasteiger partial charge on any atom is 0.339 e. The SMILES string of the molecule is CCOC(=O)C1=CN2C(=C(C#N)CCC2C)C=C1. The fourth-order valence-corrected chi connectivity index (χ4v) is 2.21. The molecule has 0 aliphatic carbocycles. The molecule has 2 rings (SSSR count). The van der Waals surface area contributed by atoms with Gasteiger partial charge in [-0.25, -0.2) is 4.79 Å². The highest BCUT2D eigenvalue weighted by atomic mass is 16.5. The van der Waals surface area contributed by atoms with Crippen LogP contribution in [0.5, 0.6) is 0 Å². The van der Waals surface area contributed by atoms with Crippen molar-refractivity contribution in [1.82, 2.24) is 4.90 Å². The lowest BCUT2D eigenvalue weighted by Gasteiger charge is -2.35. The molecule has 1 unspecified atom stereocenters. The predicted molar refractivity (Wildman–Crippen MR) is 67.0 cm³/mol. The Morgan fingerprint density at radius 3 is 3.06 bits per heavy atom. The van der Waals surface area contributed by atoms with Crippen LogP contribution in [-0.4, -0.2) is 23.5 Å². The first-order valence-electron chi connectivity index (χ1n) is 6.16. The van der Waals surface area contributed by atoms with Crippen LogP contribution < -0.4 is 0 Å². The average Bonchev–Trinajstić information content (AvgIpc) is 2.39. The molecule has 1 atom stereocenters. The van der Waals surface area contributed by atoms with Crippen molar-refractivity contribution in [2.24, 2.45) is 0 Å². The van der Waals surface area contributed by atoms with E-state index in [0.29, 0.717) is 18.2 Å². The number of nitrogens with zero attached hydrogens (tertiary/aromatic N) is 2. The lowest BCUT2D eigenvalue weighted by atomic mass is 9.95. The zero-order chi connectivity index (χ0) is 13.1. The molecule has 0 radical (unpaired) electrons. The molecule has 2 aliphatic rings. The van der Waals surface area contributed by atoms with Gasteiger partial charge in [0, 0.05) is 12.2 Å². The normalized spacial score (nSPS) is 22.2. The average molecular weight is 244 g/mol. The van der Waals surface area contributed by atoms with Crippen LogP contribution in [0.2, 0.25) is 0 Å². The summed E-state index contributed by atoms with van der Waals surface area (Å²) in [5.41, 5.74) is 2.22. The second-order valence-corrected chi connectivity index (χ2v) is 4.41. The molecule has 0 saturated heterocycles. The van der Waals surface area contributed by atoms with E-state index in [2.05, 4.69) is 13.0 Å². The quantitative estimate of drug-likeness (QED) is 0.699. The van der Waals surface area contributed by atoms with Gasteiger partial charge in [-0.05, 0) is 38.8 Å². The number of hydrogen-bond acceptors (Lipinski definition) is 4. The first-order chi connectivity index (χ1) is 8.67. The minimum Gasteiger partial charge on any atom is -0.462 e. The monoisotopic (exact) mass is 244 g/mol. The Bertz CT molecular complexity index is 494. The molecule has 0 N–H and O–H groups in total. The lowest BCUT2D eigenvalue weighted by Crippen LogP contribution is -2.33. The van der Waals surface area contributed by atoms with Crippen LogP contribution in [0.15, 0.2) is 35.2 Å². The van der Waals surface area contributed by atoms with E-state index in [-0.39, 0.29) is 5.97 Å². The standard InChI is InChI=1S/C14H16N2O2/c1-3-18-14(17)12-6-7-13-11(8-15)5-4-10(2)16(13)9-12/h6-7,9-10H,3-5H2,1-2H3. The van der Waals surface area contributed by atoms with Crippen LogP contribution in [0, 0.1) is 11.3 Å². The molecule has 0 amide bonds. The van der Waals surface area contributed by atoms with Crippen molar-refractivity contribution in [3.8, 4) is 6.07 Å². The summed E-state index contributed by atoms with van der Waals surface area (Å²) in [7, 11) is 0. The Morgan fingerprint density at radius 1 is 1.61 bits per heavy atom. The summed E-state index contributed by atoms with van der Waals surface area (Å²) in [6.07, 6.45) is 7.07. The van der Waals surface area contributed by atoms with Gasteiger partial charge in [0.05, 0.1) is 29.5 Å². The smallest absolute Gasteiger partial charge is 0.339 e. The minimum atomic E-state index is -0.316. The second-order valence-electron chi connectivity index (χ2n) is 4.41. The van der Waals surface area contributed by atoms with Gasteiger partial charge in [0.25, 0.3) is 0 Å². The van der Waals surface area contributed by atoms with Crippen molar-refractivity contribution in [2.75, 3.05) is 6.61 Å². The first kappa shape index (κ1) is 12.4. The predicted octanol–water partition coefficient (Wildman–Crippen LogP) is 2.27. The summed E-state index contributed by atoms with van der Waals surface area (Å²) < 4.78 is 4.98. The van der Waals surface area contributed by atoms with Crippen LogP contribution in [-0.2, 0) is 9.53 Å². The summed E-state index contributed by atoms with van der Waals surface area (Å²) in [6, 6.07) is 2.53. The summed E-state index contributed by atoms with van der Waals surface area (Å²) >= 11 is 0. The van der Waals surface area contributed by atoms with Crippen LogP contribution in [0.4, 0.5) is 0 Å². The summed E-state index contributed by atoms with van der Waals surface area (Å²) in [4.78, 5) is 13.7. The van der Waals surface area contributed by atoms with Gasteiger partial charge in [0.2, 0.25) is 0 Å². The molecule has 4 heteroatoms. The van der Waals surface area contributed by atoms with Crippen molar-refractivity contribution in [3.63, 3.8) is 0 Å². The van der Waals surface area contributed by atoms with Gasteiger partial charge in [-0.3, -0.25) is 0 Å². The number of fused-ring (bicyclic) bond motifs is 1. The zero-order valence-corrected chi connectivity index (χ0v) is 10.6. The Kier molecular flexibility index (Phi) is 3.52. The highest BCUT2D eigenvalue weighted by Crippen LogP contribution is 2.31. The molecular formula is C14H16N2O2.